The van der Waals surface area contributed by atoms with Gasteiger partial charge < -0.3 is 20.1 Å². The Morgan fingerprint density at radius 3 is 1.57 bits per heavy atom. The van der Waals surface area contributed by atoms with Crippen molar-refractivity contribution < 1.29 is 29.6 Å². The van der Waals surface area contributed by atoms with Gasteiger partial charge in [-0.15, -0.1) is 0 Å². The molecule has 0 amide bonds. The smallest absolute Gasteiger partial charge is 0.340 e. The van der Waals surface area contributed by atoms with Gasteiger partial charge in [0.25, 0.3) is 0 Å². The molecule has 6 heteroatoms. The number of hydrogen-bond donors (Lipinski definition) is 3. The molecule has 0 aromatic heterocycles. The molecular formula is C29H30O6. The van der Waals surface area contributed by atoms with Crippen molar-refractivity contribution in [3.05, 3.63) is 92.5 Å². The maximum Gasteiger partial charge on any atom is 0.340 e. The van der Waals surface area contributed by atoms with E-state index in [1.165, 1.54) is 6.07 Å². The molecule has 3 N–H and O–H groups in total. The van der Waals surface area contributed by atoms with Gasteiger partial charge in [0, 0.05) is 16.7 Å². The van der Waals surface area contributed by atoms with E-state index in [1.807, 2.05) is 27.7 Å². The summed E-state index contributed by atoms with van der Waals surface area (Å²) in [6.45, 7) is 7.80. The lowest BCUT2D eigenvalue weighted by Crippen LogP contribution is -2.36. The van der Waals surface area contributed by atoms with Crippen LogP contribution in [0.2, 0.25) is 0 Å². The van der Waals surface area contributed by atoms with Gasteiger partial charge in [0.15, 0.2) is 5.60 Å². The Balaban J connectivity index is 2.33. The number of aromatic carboxylic acids is 1. The van der Waals surface area contributed by atoms with Gasteiger partial charge in [0.2, 0.25) is 0 Å². The number of rotatable bonds is 7. The molecule has 0 saturated heterocycles. The first-order chi connectivity index (χ1) is 16.7. The monoisotopic (exact) mass is 474 g/mol. The molecule has 0 fully saturated rings. The number of phenolic OH excluding ortho intramolecular Hbond substituents is 2. The Hall–Kier alpha value is -3.80. The number of carbonyl (C=O) groups excluding carboxylic acids is 1. The van der Waals surface area contributed by atoms with Gasteiger partial charge in [-0.3, -0.25) is 0 Å². The van der Waals surface area contributed by atoms with E-state index < -0.39 is 17.5 Å². The largest absolute Gasteiger partial charge is 0.508 e. The van der Waals surface area contributed by atoms with E-state index in [0.717, 1.165) is 22.3 Å². The van der Waals surface area contributed by atoms with E-state index >= 15 is 0 Å². The zero-order valence-electron chi connectivity index (χ0n) is 20.4. The lowest BCUT2D eigenvalue weighted by atomic mass is 9.70. The molecule has 1 aliphatic heterocycles. The van der Waals surface area contributed by atoms with Crippen molar-refractivity contribution in [3.63, 3.8) is 0 Å². The molecule has 35 heavy (non-hydrogen) atoms. The molecule has 0 radical (unpaired) electrons. The van der Waals surface area contributed by atoms with Crippen LogP contribution in [0.4, 0.5) is 0 Å². The number of benzene rings is 3. The van der Waals surface area contributed by atoms with Gasteiger partial charge in [0.1, 0.15) is 11.5 Å². The minimum absolute atomic E-state index is 0.0114. The second kappa shape index (κ2) is 9.10. The summed E-state index contributed by atoms with van der Waals surface area (Å²) in [5, 5.41) is 31.2. The van der Waals surface area contributed by atoms with Crippen LogP contribution in [0.25, 0.3) is 0 Å². The van der Waals surface area contributed by atoms with Crippen LogP contribution < -0.4 is 0 Å². The van der Waals surface area contributed by atoms with Crippen molar-refractivity contribution in [2.45, 2.75) is 59.0 Å². The summed E-state index contributed by atoms with van der Waals surface area (Å²) < 4.78 is 6.37. The summed E-state index contributed by atoms with van der Waals surface area (Å²) in [4.78, 5) is 25.9. The average molecular weight is 475 g/mol. The number of aromatic hydroxyl groups is 2. The van der Waals surface area contributed by atoms with E-state index in [9.17, 15) is 24.9 Å². The fraction of sp³-hybridized carbons (Fsp3) is 0.310. The van der Waals surface area contributed by atoms with Gasteiger partial charge in [-0.05, 0) is 84.3 Å². The summed E-state index contributed by atoms with van der Waals surface area (Å²) in [6.07, 6.45) is 2.12. The van der Waals surface area contributed by atoms with E-state index in [0.29, 0.717) is 42.4 Å². The third-order valence-electron chi connectivity index (χ3n) is 6.91. The zero-order chi connectivity index (χ0) is 25.5. The van der Waals surface area contributed by atoms with Gasteiger partial charge in [0.05, 0.1) is 11.1 Å². The molecule has 3 aromatic carbocycles. The molecule has 1 heterocycles. The van der Waals surface area contributed by atoms with E-state index in [2.05, 4.69) is 0 Å². The number of esters is 1. The molecule has 0 spiro atoms. The molecule has 0 atom stereocenters. The number of cyclic esters (lactones) is 1. The van der Waals surface area contributed by atoms with Gasteiger partial charge in [-0.25, -0.2) is 9.59 Å². The van der Waals surface area contributed by atoms with Crippen LogP contribution >= 0.6 is 0 Å². The third kappa shape index (κ3) is 3.64. The normalized spacial score (nSPS) is 14.0. The Labute approximate surface area is 204 Å². The number of hydrogen-bond acceptors (Lipinski definition) is 5. The Morgan fingerprint density at radius 2 is 1.20 bits per heavy atom. The van der Waals surface area contributed by atoms with Crippen molar-refractivity contribution in [2.75, 3.05) is 0 Å². The molecule has 3 aromatic rings. The van der Waals surface area contributed by atoms with E-state index in [-0.39, 0.29) is 22.6 Å². The summed E-state index contributed by atoms with van der Waals surface area (Å²) in [5.74, 6) is -1.55. The SMILES string of the molecule is CCc1cc(O)cc(CC)c1C1(c2c(CC)cc(O)cc2CC)OC(=O)c2cccc(C(=O)O)c21. The van der Waals surface area contributed by atoms with Gasteiger partial charge >= 0.3 is 11.9 Å². The quantitative estimate of drug-likeness (QED) is 0.390. The van der Waals surface area contributed by atoms with E-state index in [4.69, 9.17) is 4.74 Å². The predicted molar refractivity (Wildman–Crippen MR) is 132 cm³/mol. The number of fused-ring (bicyclic) bond motifs is 1. The van der Waals surface area contributed by atoms with Crippen LogP contribution in [0.15, 0.2) is 42.5 Å². The summed E-state index contributed by atoms with van der Waals surface area (Å²) >= 11 is 0. The van der Waals surface area contributed by atoms with E-state index in [1.54, 1.807) is 36.4 Å². The maximum atomic E-state index is 13.4. The molecular weight excluding hydrogens is 444 g/mol. The Kier molecular flexibility index (Phi) is 6.32. The number of phenols is 2. The first-order valence-electron chi connectivity index (χ1n) is 12.0. The third-order valence-corrected chi connectivity index (χ3v) is 6.91. The van der Waals surface area contributed by atoms with Crippen LogP contribution in [-0.4, -0.2) is 27.3 Å². The zero-order valence-corrected chi connectivity index (χ0v) is 20.4. The number of carboxylic acid groups (broad SMARTS) is 1. The van der Waals surface area contributed by atoms with Crippen molar-refractivity contribution >= 4 is 11.9 Å². The minimum atomic E-state index is -1.55. The molecule has 0 unspecified atom stereocenters. The Bertz CT molecular complexity index is 1230. The highest BCUT2D eigenvalue weighted by Gasteiger charge is 2.54. The average Bonchev–Trinajstić information content (AvgIpc) is 3.15. The molecule has 0 bridgehead atoms. The summed E-state index contributed by atoms with van der Waals surface area (Å²) in [6, 6.07) is 11.3. The summed E-state index contributed by atoms with van der Waals surface area (Å²) in [7, 11) is 0. The van der Waals surface area contributed by atoms with Crippen molar-refractivity contribution in [2.24, 2.45) is 0 Å². The minimum Gasteiger partial charge on any atom is -0.508 e. The van der Waals surface area contributed by atoms with Crippen LogP contribution in [0.5, 0.6) is 11.5 Å². The van der Waals surface area contributed by atoms with Crippen LogP contribution in [-0.2, 0) is 36.0 Å². The van der Waals surface area contributed by atoms with Crippen molar-refractivity contribution in [1.29, 1.82) is 0 Å². The fourth-order valence-electron chi connectivity index (χ4n) is 5.52. The molecule has 0 saturated carbocycles. The lowest BCUT2D eigenvalue weighted by Gasteiger charge is -2.37. The number of aryl methyl sites for hydroxylation is 4. The van der Waals surface area contributed by atoms with Crippen LogP contribution in [0.3, 0.4) is 0 Å². The number of carbonyl (C=O) groups is 2. The molecule has 182 valence electrons. The van der Waals surface area contributed by atoms with Gasteiger partial charge in [-0.1, -0.05) is 33.8 Å². The highest BCUT2D eigenvalue weighted by Crippen LogP contribution is 2.53. The predicted octanol–water partition coefficient (Wildman–Crippen LogP) is 5.51. The van der Waals surface area contributed by atoms with Crippen molar-refractivity contribution in [1.82, 2.24) is 0 Å². The molecule has 6 nitrogen and oxygen atoms in total. The molecule has 4 rings (SSSR count). The summed E-state index contributed by atoms with van der Waals surface area (Å²) in [5.41, 5.74) is 3.35. The van der Waals surface area contributed by atoms with Crippen LogP contribution in [0.1, 0.15) is 87.4 Å². The second-order valence-electron chi connectivity index (χ2n) is 8.80. The van der Waals surface area contributed by atoms with Crippen LogP contribution in [0, 0.1) is 0 Å². The first-order valence-corrected chi connectivity index (χ1v) is 12.0. The molecule has 0 aliphatic carbocycles. The molecule has 1 aliphatic rings. The fourth-order valence-corrected chi connectivity index (χ4v) is 5.52. The highest BCUT2D eigenvalue weighted by atomic mass is 16.6. The lowest BCUT2D eigenvalue weighted by molar-refractivity contribution is 0.0236. The first kappa shape index (κ1) is 24.3. The Morgan fingerprint density at radius 1 is 0.771 bits per heavy atom. The standard InChI is InChI=1S/C29H30O6/c1-5-16-12-20(30)13-17(6-2)24(16)29(25-18(7-3)14-21(31)15-19(25)8-4)26-22(27(32)33)10-9-11-23(26)28(34)35-29/h9-15,30-31H,5-8H2,1-4H3,(H,32,33). The number of carboxylic acids is 1. The topological polar surface area (TPSA) is 104 Å². The second-order valence-corrected chi connectivity index (χ2v) is 8.80. The number of ether oxygens (including phenoxy) is 1. The van der Waals surface area contributed by atoms with Crippen molar-refractivity contribution in [3.8, 4) is 11.5 Å². The van der Waals surface area contributed by atoms with Gasteiger partial charge in [-0.2, -0.15) is 0 Å². The maximum absolute atomic E-state index is 13.4. The highest BCUT2D eigenvalue weighted by molar-refractivity contribution is 6.02.